The predicted molar refractivity (Wildman–Crippen MR) is 69.7 cm³/mol. The van der Waals surface area contributed by atoms with Crippen LogP contribution in [0.15, 0.2) is 12.4 Å². The lowest BCUT2D eigenvalue weighted by molar-refractivity contribution is -0.141. The topological polar surface area (TPSA) is 84.2 Å². The molecule has 2 atom stereocenters. The maximum Gasteiger partial charge on any atom is 0.306 e. The van der Waals surface area contributed by atoms with Gasteiger partial charge >= 0.3 is 5.97 Å². The number of anilines is 1. The van der Waals surface area contributed by atoms with Crippen molar-refractivity contribution >= 4 is 17.6 Å². The molecule has 2 N–H and O–H groups in total. The molecule has 0 aliphatic heterocycles. The minimum Gasteiger partial charge on any atom is -0.481 e. The van der Waals surface area contributed by atoms with Crippen LogP contribution >= 0.6 is 0 Å². The molecule has 1 aliphatic rings. The molecule has 6 heteroatoms. The number of aliphatic carboxylic acids is 1. The average molecular weight is 265 g/mol. The van der Waals surface area contributed by atoms with Crippen LogP contribution in [0.25, 0.3) is 0 Å². The Labute approximate surface area is 111 Å². The van der Waals surface area contributed by atoms with Crippen LogP contribution in [0.1, 0.15) is 39.2 Å². The van der Waals surface area contributed by atoms with E-state index in [2.05, 4.69) is 10.4 Å². The fourth-order valence-corrected chi connectivity index (χ4v) is 2.37. The van der Waals surface area contributed by atoms with Crippen molar-refractivity contribution in [3.63, 3.8) is 0 Å². The lowest BCUT2D eigenvalue weighted by Gasteiger charge is -2.09. The van der Waals surface area contributed by atoms with Gasteiger partial charge in [-0.1, -0.05) is 0 Å². The molecule has 0 radical (unpaired) electrons. The van der Waals surface area contributed by atoms with Gasteiger partial charge in [0.25, 0.3) is 0 Å². The highest BCUT2D eigenvalue weighted by Gasteiger charge is 2.33. The molecule has 0 unspecified atom stereocenters. The summed E-state index contributed by atoms with van der Waals surface area (Å²) in [5, 5.41) is 15.9. The van der Waals surface area contributed by atoms with Crippen LogP contribution < -0.4 is 5.32 Å². The highest BCUT2D eigenvalue weighted by Crippen LogP contribution is 2.31. The predicted octanol–water partition coefficient (Wildman–Crippen LogP) is 1.90. The molecule has 2 rings (SSSR count). The van der Waals surface area contributed by atoms with Crippen molar-refractivity contribution in [3.8, 4) is 0 Å². The number of rotatable bonds is 4. The third-order valence-corrected chi connectivity index (χ3v) is 3.55. The number of hydrogen-bond acceptors (Lipinski definition) is 3. The van der Waals surface area contributed by atoms with Gasteiger partial charge in [0.15, 0.2) is 0 Å². The monoisotopic (exact) mass is 265 g/mol. The van der Waals surface area contributed by atoms with Gasteiger partial charge in [-0.2, -0.15) is 5.10 Å². The van der Waals surface area contributed by atoms with Gasteiger partial charge in [-0.15, -0.1) is 0 Å². The molecule has 1 aromatic heterocycles. The first-order valence-electron chi connectivity index (χ1n) is 6.55. The van der Waals surface area contributed by atoms with E-state index in [0.29, 0.717) is 24.9 Å². The number of carbonyl (C=O) groups is 2. The lowest BCUT2D eigenvalue weighted by Crippen LogP contribution is -2.21. The second-order valence-corrected chi connectivity index (χ2v) is 5.34. The van der Waals surface area contributed by atoms with E-state index in [1.807, 2.05) is 13.8 Å². The molecule has 1 aromatic rings. The van der Waals surface area contributed by atoms with Gasteiger partial charge in [0.1, 0.15) is 0 Å². The van der Waals surface area contributed by atoms with Gasteiger partial charge in [-0.3, -0.25) is 14.3 Å². The Bertz CT molecular complexity index is 481. The number of carboxylic acids is 1. The highest BCUT2D eigenvalue weighted by molar-refractivity contribution is 5.93. The van der Waals surface area contributed by atoms with Crippen LogP contribution in [0.3, 0.4) is 0 Å². The van der Waals surface area contributed by atoms with E-state index in [9.17, 15) is 9.59 Å². The normalized spacial score (nSPS) is 22.7. The molecule has 1 amide bonds. The zero-order valence-electron chi connectivity index (χ0n) is 11.2. The first-order chi connectivity index (χ1) is 8.97. The summed E-state index contributed by atoms with van der Waals surface area (Å²) in [6.07, 6.45) is 5.05. The van der Waals surface area contributed by atoms with Crippen LogP contribution in [0.2, 0.25) is 0 Å². The molecular weight excluding hydrogens is 246 g/mol. The van der Waals surface area contributed by atoms with E-state index in [0.717, 1.165) is 0 Å². The Morgan fingerprint density at radius 2 is 2.11 bits per heavy atom. The zero-order valence-corrected chi connectivity index (χ0v) is 11.2. The van der Waals surface area contributed by atoms with Gasteiger partial charge in [-0.25, -0.2) is 0 Å². The molecule has 104 valence electrons. The van der Waals surface area contributed by atoms with Gasteiger partial charge in [0.2, 0.25) is 5.91 Å². The number of carboxylic acid groups (broad SMARTS) is 1. The van der Waals surface area contributed by atoms with E-state index in [4.69, 9.17) is 5.11 Å². The van der Waals surface area contributed by atoms with Crippen molar-refractivity contribution in [2.75, 3.05) is 5.32 Å². The first-order valence-corrected chi connectivity index (χ1v) is 6.55. The second-order valence-electron chi connectivity index (χ2n) is 5.34. The van der Waals surface area contributed by atoms with Gasteiger partial charge < -0.3 is 10.4 Å². The van der Waals surface area contributed by atoms with Crippen LogP contribution in [-0.2, 0) is 9.59 Å². The number of amides is 1. The number of nitrogens with zero attached hydrogens (tertiary/aromatic N) is 2. The molecule has 6 nitrogen and oxygen atoms in total. The van der Waals surface area contributed by atoms with Crippen molar-refractivity contribution in [2.24, 2.45) is 11.8 Å². The molecule has 19 heavy (non-hydrogen) atoms. The number of nitrogens with one attached hydrogen (secondary N) is 1. The first kappa shape index (κ1) is 13.6. The summed E-state index contributed by atoms with van der Waals surface area (Å²) >= 11 is 0. The van der Waals surface area contributed by atoms with Gasteiger partial charge in [-0.05, 0) is 33.1 Å². The largest absolute Gasteiger partial charge is 0.481 e. The van der Waals surface area contributed by atoms with E-state index >= 15 is 0 Å². The second kappa shape index (κ2) is 5.42. The Morgan fingerprint density at radius 1 is 1.42 bits per heavy atom. The smallest absolute Gasteiger partial charge is 0.306 e. The van der Waals surface area contributed by atoms with Gasteiger partial charge in [0, 0.05) is 18.2 Å². The molecule has 1 aliphatic carbocycles. The van der Waals surface area contributed by atoms with Crippen LogP contribution in [-0.4, -0.2) is 26.8 Å². The minimum absolute atomic E-state index is 0.105. The molecule has 1 fully saturated rings. The summed E-state index contributed by atoms with van der Waals surface area (Å²) < 4.78 is 1.77. The molecule has 1 saturated carbocycles. The lowest BCUT2D eigenvalue weighted by atomic mass is 10.0. The summed E-state index contributed by atoms with van der Waals surface area (Å²) in [6.45, 7) is 4.01. The molecular formula is C13H19N3O3. The quantitative estimate of drug-likeness (QED) is 0.870. The van der Waals surface area contributed by atoms with Gasteiger partial charge in [0.05, 0.1) is 17.8 Å². The Morgan fingerprint density at radius 3 is 2.63 bits per heavy atom. The SMILES string of the molecule is CC(C)n1cc(NC(=O)[C@@H]2CC[C@H](C(=O)O)C2)cn1. The van der Waals surface area contributed by atoms with Crippen molar-refractivity contribution in [2.45, 2.75) is 39.2 Å². The summed E-state index contributed by atoms with van der Waals surface area (Å²) in [5.41, 5.74) is 0.664. The molecule has 0 spiro atoms. The Hall–Kier alpha value is -1.85. The van der Waals surface area contributed by atoms with Crippen molar-refractivity contribution < 1.29 is 14.7 Å². The summed E-state index contributed by atoms with van der Waals surface area (Å²) in [6, 6.07) is 0.244. The highest BCUT2D eigenvalue weighted by atomic mass is 16.4. The summed E-state index contributed by atoms with van der Waals surface area (Å²) in [4.78, 5) is 22.9. The molecule has 0 saturated heterocycles. The van der Waals surface area contributed by atoms with Crippen LogP contribution in [0, 0.1) is 11.8 Å². The maximum atomic E-state index is 12.0. The Kier molecular flexibility index (Phi) is 3.87. The van der Waals surface area contributed by atoms with Crippen LogP contribution in [0.4, 0.5) is 5.69 Å². The number of hydrogen-bond donors (Lipinski definition) is 2. The molecule has 0 bridgehead atoms. The summed E-state index contributed by atoms with van der Waals surface area (Å²) in [7, 11) is 0. The fraction of sp³-hybridized carbons (Fsp3) is 0.615. The third kappa shape index (κ3) is 3.13. The van der Waals surface area contributed by atoms with E-state index in [1.165, 1.54) is 0 Å². The van der Waals surface area contributed by atoms with E-state index < -0.39 is 5.97 Å². The number of carbonyl (C=O) groups excluding carboxylic acids is 1. The molecule has 0 aromatic carbocycles. The van der Waals surface area contributed by atoms with E-state index in [-0.39, 0.29) is 23.8 Å². The third-order valence-electron chi connectivity index (χ3n) is 3.55. The maximum absolute atomic E-state index is 12.0. The minimum atomic E-state index is -0.803. The number of aromatic nitrogens is 2. The summed E-state index contributed by atoms with van der Waals surface area (Å²) in [5.74, 6) is -1.49. The Balaban J connectivity index is 1.92. The molecule has 1 heterocycles. The fourth-order valence-electron chi connectivity index (χ4n) is 2.37. The average Bonchev–Trinajstić information content (AvgIpc) is 2.96. The van der Waals surface area contributed by atoms with Crippen molar-refractivity contribution in [1.82, 2.24) is 9.78 Å². The van der Waals surface area contributed by atoms with Crippen molar-refractivity contribution in [3.05, 3.63) is 12.4 Å². The zero-order chi connectivity index (χ0) is 14.0. The van der Waals surface area contributed by atoms with Crippen molar-refractivity contribution in [1.29, 1.82) is 0 Å². The van der Waals surface area contributed by atoms with Crippen LogP contribution in [0.5, 0.6) is 0 Å². The standard InChI is InChI=1S/C13H19N3O3/c1-8(2)16-7-11(6-14-16)15-12(17)9-3-4-10(5-9)13(18)19/h6-10H,3-5H2,1-2H3,(H,15,17)(H,18,19)/t9-,10+/m1/s1. The van der Waals surface area contributed by atoms with E-state index in [1.54, 1.807) is 17.1 Å².